The Morgan fingerprint density at radius 1 is 1.21 bits per heavy atom. The molecule has 4 rings (SSSR count). The van der Waals surface area contributed by atoms with Gasteiger partial charge in [0.25, 0.3) is 5.91 Å². The number of carbonyl (C=O) groups excluding carboxylic acids is 1. The lowest BCUT2D eigenvalue weighted by atomic mass is 10.0. The van der Waals surface area contributed by atoms with Gasteiger partial charge >= 0.3 is 0 Å². The number of nitrogen functional groups attached to an aromatic ring is 1. The first-order chi connectivity index (χ1) is 13.6. The molecule has 2 aliphatic heterocycles. The Morgan fingerprint density at radius 3 is 2.50 bits per heavy atom. The number of benzene rings is 1. The average Bonchev–Trinajstić information content (AvgIpc) is 3.17. The van der Waals surface area contributed by atoms with E-state index in [2.05, 4.69) is 15.3 Å². The van der Waals surface area contributed by atoms with Crippen LogP contribution in [0, 0.1) is 0 Å². The van der Waals surface area contributed by atoms with Crippen LogP contribution in [0.4, 0.5) is 17.5 Å². The van der Waals surface area contributed by atoms with Crippen LogP contribution >= 0.6 is 0 Å². The second-order valence-electron chi connectivity index (χ2n) is 6.75. The Kier molecular flexibility index (Phi) is 5.01. The highest BCUT2D eigenvalue weighted by Crippen LogP contribution is 2.32. The first-order valence-electron chi connectivity index (χ1n) is 9.19. The van der Waals surface area contributed by atoms with Crippen LogP contribution in [-0.4, -0.2) is 55.1 Å². The van der Waals surface area contributed by atoms with Crippen molar-refractivity contribution < 1.29 is 19.0 Å². The van der Waals surface area contributed by atoms with E-state index >= 15 is 0 Å². The Balaban J connectivity index is 1.41. The van der Waals surface area contributed by atoms with Crippen LogP contribution in [0.15, 0.2) is 30.5 Å². The van der Waals surface area contributed by atoms with E-state index in [4.69, 9.17) is 19.9 Å². The van der Waals surface area contributed by atoms with Gasteiger partial charge in [0.15, 0.2) is 5.79 Å². The van der Waals surface area contributed by atoms with Gasteiger partial charge in [-0.3, -0.25) is 4.79 Å². The van der Waals surface area contributed by atoms with Gasteiger partial charge in [0.1, 0.15) is 17.1 Å². The van der Waals surface area contributed by atoms with E-state index in [1.54, 1.807) is 31.4 Å². The molecule has 0 bridgehead atoms. The first-order valence-corrected chi connectivity index (χ1v) is 9.19. The van der Waals surface area contributed by atoms with E-state index in [0.29, 0.717) is 43.7 Å². The van der Waals surface area contributed by atoms with Gasteiger partial charge in [-0.15, -0.1) is 0 Å². The fourth-order valence-corrected chi connectivity index (χ4v) is 3.42. The zero-order chi connectivity index (χ0) is 19.6. The highest BCUT2D eigenvalue weighted by atomic mass is 16.7. The van der Waals surface area contributed by atoms with Crippen LogP contribution in [-0.2, 0) is 9.47 Å². The third-order valence-corrected chi connectivity index (χ3v) is 5.02. The second-order valence-corrected chi connectivity index (χ2v) is 6.75. The number of hydrogen-bond acceptors (Lipinski definition) is 8. The third kappa shape index (κ3) is 3.71. The first kappa shape index (κ1) is 18.5. The molecule has 0 aliphatic carbocycles. The summed E-state index contributed by atoms with van der Waals surface area (Å²) in [6.07, 6.45) is 2.95. The highest BCUT2D eigenvalue weighted by molar-refractivity contribution is 6.07. The number of nitrogens with one attached hydrogen (secondary N) is 1. The minimum absolute atomic E-state index is 0.143. The molecule has 148 valence electrons. The van der Waals surface area contributed by atoms with Gasteiger partial charge in [0.2, 0.25) is 5.95 Å². The van der Waals surface area contributed by atoms with Crippen LogP contribution in [0.1, 0.15) is 23.2 Å². The fourth-order valence-electron chi connectivity index (χ4n) is 3.42. The van der Waals surface area contributed by atoms with Crippen LogP contribution in [0.3, 0.4) is 0 Å². The average molecular weight is 385 g/mol. The van der Waals surface area contributed by atoms with Crippen molar-refractivity contribution in [1.82, 2.24) is 9.97 Å². The fraction of sp³-hybridized carbons (Fsp3) is 0.421. The molecule has 2 aromatic rings. The van der Waals surface area contributed by atoms with Gasteiger partial charge in [-0.1, -0.05) is 0 Å². The summed E-state index contributed by atoms with van der Waals surface area (Å²) in [5.41, 5.74) is 6.90. The molecule has 1 spiro atoms. The van der Waals surface area contributed by atoms with Crippen molar-refractivity contribution in [2.45, 2.75) is 18.6 Å². The van der Waals surface area contributed by atoms with E-state index in [1.807, 2.05) is 4.90 Å². The lowest BCUT2D eigenvalue weighted by Crippen LogP contribution is -2.45. The minimum atomic E-state index is -0.458. The van der Waals surface area contributed by atoms with E-state index in [1.165, 1.54) is 6.20 Å². The number of methoxy groups -OCH3 is 1. The monoisotopic (exact) mass is 385 g/mol. The quantitative estimate of drug-likeness (QED) is 0.817. The van der Waals surface area contributed by atoms with Crippen molar-refractivity contribution in [1.29, 1.82) is 0 Å². The molecule has 3 heterocycles. The van der Waals surface area contributed by atoms with Crippen LogP contribution < -0.4 is 20.7 Å². The number of ether oxygens (including phenoxy) is 3. The minimum Gasteiger partial charge on any atom is -0.497 e. The molecular formula is C19H23N5O4. The number of carbonyl (C=O) groups is 1. The summed E-state index contributed by atoms with van der Waals surface area (Å²) in [5, 5.41) is 2.78. The Morgan fingerprint density at radius 2 is 1.89 bits per heavy atom. The largest absolute Gasteiger partial charge is 0.497 e. The maximum absolute atomic E-state index is 12.5. The summed E-state index contributed by atoms with van der Waals surface area (Å²) in [6, 6.07) is 7.02. The summed E-state index contributed by atoms with van der Waals surface area (Å²) in [5.74, 6) is 0.540. The molecule has 1 aromatic heterocycles. The number of piperidine rings is 1. The number of rotatable bonds is 4. The smallest absolute Gasteiger partial charge is 0.260 e. The van der Waals surface area contributed by atoms with Gasteiger partial charge in [-0.25, -0.2) is 4.98 Å². The molecule has 28 heavy (non-hydrogen) atoms. The van der Waals surface area contributed by atoms with Gasteiger partial charge in [0, 0.05) is 37.8 Å². The molecule has 0 atom stereocenters. The SMILES string of the molecule is COc1ccc(NC(=O)c2cnc(N3CCC4(CC3)OCCO4)nc2N)cc1. The summed E-state index contributed by atoms with van der Waals surface area (Å²) >= 11 is 0. The number of nitrogens with zero attached hydrogens (tertiary/aromatic N) is 3. The lowest BCUT2D eigenvalue weighted by molar-refractivity contribution is -0.169. The maximum atomic E-state index is 12.5. The van der Waals surface area contributed by atoms with E-state index < -0.39 is 5.79 Å². The molecule has 0 saturated carbocycles. The Labute approximate surface area is 162 Å². The number of nitrogens with two attached hydrogens (primary N) is 1. The van der Waals surface area contributed by atoms with Gasteiger partial charge in [0.05, 0.1) is 20.3 Å². The van der Waals surface area contributed by atoms with Gasteiger partial charge in [-0.2, -0.15) is 4.98 Å². The molecule has 0 unspecified atom stereocenters. The zero-order valence-corrected chi connectivity index (χ0v) is 15.7. The number of hydrogen-bond donors (Lipinski definition) is 2. The molecule has 9 nitrogen and oxygen atoms in total. The molecule has 0 radical (unpaired) electrons. The molecule has 3 N–H and O–H groups in total. The molecule has 1 amide bonds. The van der Waals surface area contributed by atoms with Crippen LogP contribution in [0.5, 0.6) is 5.75 Å². The van der Waals surface area contributed by atoms with Crippen molar-refractivity contribution in [3.63, 3.8) is 0 Å². The van der Waals surface area contributed by atoms with Crippen LogP contribution in [0.2, 0.25) is 0 Å². The number of amides is 1. The predicted octanol–water partition coefficient (Wildman–Crippen LogP) is 1.66. The number of anilines is 3. The van der Waals surface area contributed by atoms with Gasteiger partial charge in [-0.05, 0) is 24.3 Å². The molecule has 9 heteroatoms. The summed E-state index contributed by atoms with van der Waals surface area (Å²) in [7, 11) is 1.59. The summed E-state index contributed by atoms with van der Waals surface area (Å²) in [6.45, 7) is 2.69. The maximum Gasteiger partial charge on any atom is 0.260 e. The van der Waals surface area contributed by atoms with Crippen molar-refractivity contribution in [3.05, 3.63) is 36.0 Å². The summed E-state index contributed by atoms with van der Waals surface area (Å²) < 4.78 is 16.6. The highest BCUT2D eigenvalue weighted by Gasteiger charge is 2.40. The second kappa shape index (κ2) is 7.61. The standard InChI is InChI=1S/C19H23N5O4/c1-26-14-4-2-13(3-5-14)22-17(25)15-12-21-18(23-16(15)20)24-8-6-19(7-9-24)27-10-11-28-19/h2-5,12H,6-11H2,1H3,(H,22,25)(H2,20,21,23). The van der Waals surface area contributed by atoms with Crippen molar-refractivity contribution in [2.24, 2.45) is 0 Å². The summed E-state index contributed by atoms with van der Waals surface area (Å²) in [4.78, 5) is 23.2. The topological polar surface area (TPSA) is 112 Å². The van der Waals surface area contributed by atoms with Crippen molar-refractivity contribution >= 4 is 23.4 Å². The third-order valence-electron chi connectivity index (χ3n) is 5.02. The molecule has 2 saturated heterocycles. The molecule has 2 fully saturated rings. The zero-order valence-electron chi connectivity index (χ0n) is 15.7. The van der Waals surface area contributed by atoms with Gasteiger partial charge < -0.3 is 30.2 Å². The van der Waals surface area contributed by atoms with E-state index in [-0.39, 0.29) is 17.3 Å². The molecule has 1 aromatic carbocycles. The van der Waals surface area contributed by atoms with Crippen molar-refractivity contribution in [3.8, 4) is 5.75 Å². The number of aromatic nitrogens is 2. The predicted molar refractivity (Wildman–Crippen MR) is 103 cm³/mol. The Hall–Kier alpha value is -2.91. The Bertz CT molecular complexity index is 842. The van der Waals surface area contributed by atoms with Crippen molar-refractivity contribution in [2.75, 3.05) is 49.4 Å². The van der Waals surface area contributed by atoms with E-state index in [9.17, 15) is 4.79 Å². The van der Waals surface area contributed by atoms with Crippen LogP contribution in [0.25, 0.3) is 0 Å². The normalized spacial score (nSPS) is 18.2. The molecule has 2 aliphatic rings. The molecular weight excluding hydrogens is 362 g/mol. The lowest BCUT2D eigenvalue weighted by Gasteiger charge is -2.37. The van der Waals surface area contributed by atoms with E-state index in [0.717, 1.165) is 12.8 Å².